The first kappa shape index (κ1) is 17.0. The minimum absolute atomic E-state index is 0. The molecule has 2 fully saturated rings. The normalized spacial score (nSPS) is 19.8. The number of hydrogen-bond acceptors (Lipinski definition) is 3. The fourth-order valence-corrected chi connectivity index (χ4v) is 3.46. The molecule has 4 nitrogen and oxygen atoms in total. The number of amides is 1. The van der Waals surface area contributed by atoms with E-state index in [1.807, 2.05) is 4.90 Å². The van der Waals surface area contributed by atoms with Crippen molar-refractivity contribution < 1.29 is 13.9 Å². The SMILES string of the molecule is COc1ccc(C(=O)N2CCC3(CCNCC3)C2)cc1F.Cl. The van der Waals surface area contributed by atoms with E-state index in [4.69, 9.17) is 4.74 Å². The average molecular weight is 329 g/mol. The van der Waals surface area contributed by atoms with Gasteiger partial charge in [-0.25, -0.2) is 4.39 Å². The molecule has 0 aromatic heterocycles. The Bertz CT molecular complexity index is 547. The van der Waals surface area contributed by atoms with Gasteiger partial charge in [-0.2, -0.15) is 0 Å². The number of carbonyl (C=O) groups is 1. The molecule has 0 saturated carbocycles. The lowest BCUT2D eigenvalue weighted by molar-refractivity contribution is 0.0761. The second-order valence-electron chi connectivity index (χ2n) is 6.08. The molecular formula is C16H22ClFN2O2. The molecule has 3 rings (SSSR count). The van der Waals surface area contributed by atoms with Crippen molar-refractivity contribution in [3.8, 4) is 5.75 Å². The third-order valence-electron chi connectivity index (χ3n) is 4.79. The maximum Gasteiger partial charge on any atom is 0.253 e. The Balaban J connectivity index is 0.00000176. The lowest BCUT2D eigenvalue weighted by Gasteiger charge is -2.33. The molecule has 0 bridgehead atoms. The highest BCUT2D eigenvalue weighted by Crippen LogP contribution is 2.39. The molecule has 22 heavy (non-hydrogen) atoms. The average Bonchev–Trinajstić information content (AvgIpc) is 2.90. The summed E-state index contributed by atoms with van der Waals surface area (Å²) in [5, 5.41) is 3.36. The van der Waals surface area contributed by atoms with Crippen LogP contribution in [0.5, 0.6) is 5.75 Å². The summed E-state index contributed by atoms with van der Waals surface area (Å²) in [7, 11) is 1.42. The second kappa shape index (κ2) is 6.84. The van der Waals surface area contributed by atoms with Gasteiger partial charge in [-0.05, 0) is 56.0 Å². The van der Waals surface area contributed by atoms with Crippen LogP contribution in [0.4, 0.5) is 4.39 Å². The van der Waals surface area contributed by atoms with Crippen LogP contribution in [0.15, 0.2) is 18.2 Å². The summed E-state index contributed by atoms with van der Waals surface area (Å²) >= 11 is 0. The standard InChI is InChI=1S/C16H21FN2O2.ClH/c1-21-14-3-2-12(10-13(14)17)15(20)19-9-6-16(11-19)4-7-18-8-5-16;/h2-3,10,18H,4-9,11H2,1H3;1H. The second-order valence-corrected chi connectivity index (χ2v) is 6.08. The van der Waals surface area contributed by atoms with Gasteiger partial charge in [0.05, 0.1) is 7.11 Å². The Morgan fingerprint density at radius 2 is 2.05 bits per heavy atom. The predicted octanol–water partition coefficient (Wildman–Crippen LogP) is 2.47. The third-order valence-corrected chi connectivity index (χ3v) is 4.79. The van der Waals surface area contributed by atoms with Crippen LogP contribution in [-0.4, -0.2) is 44.1 Å². The number of ether oxygens (including phenoxy) is 1. The Morgan fingerprint density at radius 3 is 2.68 bits per heavy atom. The number of carbonyl (C=O) groups excluding carboxylic acids is 1. The smallest absolute Gasteiger partial charge is 0.253 e. The third kappa shape index (κ3) is 3.20. The molecule has 1 aromatic carbocycles. The molecule has 0 radical (unpaired) electrons. The van der Waals surface area contributed by atoms with Crippen LogP contribution < -0.4 is 10.1 Å². The van der Waals surface area contributed by atoms with Crippen LogP contribution in [-0.2, 0) is 0 Å². The van der Waals surface area contributed by atoms with Gasteiger partial charge in [0.2, 0.25) is 0 Å². The number of nitrogens with one attached hydrogen (secondary N) is 1. The van der Waals surface area contributed by atoms with Crippen LogP contribution in [0, 0.1) is 11.2 Å². The van der Waals surface area contributed by atoms with Gasteiger partial charge in [-0.1, -0.05) is 0 Å². The fraction of sp³-hybridized carbons (Fsp3) is 0.562. The fourth-order valence-electron chi connectivity index (χ4n) is 3.46. The minimum Gasteiger partial charge on any atom is -0.494 e. The van der Waals surface area contributed by atoms with E-state index in [1.54, 1.807) is 6.07 Å². The van der Waals surface area contributed by atoms with Crippen LogP contribution in [0.2, 0.25) is 0 Å². The van der Waals surface area contributed by atoms with Crippen molar-refractivity contribution >= 4 is 18.3 Å². The van der Waals surface area contributed by atoms with E-state index >= 15 is 0 Å². The van der Waals surface area contributed by atoms with Crippen molar-refractivity contribution in [2.75, 3.05) is 33.3 Å². The zero-order valence-corrected chi connectivity index (χ0v) is 13.5. The minimum atomic E-state index is -0.487. The van der Waals surface area contributed by atoms with E-state index in [0.717, 1.165) is 45.4 Å². The number of benzene rings is 1. The first-order valence-corrected chi connectivity index (χ1v) is 7.47. The Labute approximate surface area is 136 Å². The molecule has 1 amide bonds. The molecule has 6 heteroatoms. The van der Waals surface area contributed by atoms with Crippen molar-refractivity contribution in [1.82, 2.24) is 10.2 Å². The van der Waals surface area contributed by atoms with Crippen LogP contribution in [0.3, 0.4) is 0 Å². The van der Waals surface area contributed by atoms with E-state index in [1.165, 1.54) is 19.2 Å². The first-order valence-electron chi connectivity index (χ1n) is 7.47. The molecule has 2 aliphatic rings. The monoisotopic (exact) mass is 328 g/mol. The molecule has 1 spiro atoms. The number of likely N-dealkylation sites (tertiary alicyclic amines) is 1. The van der Waals surface area contributed by atoms with Gasteiger partial charge in [-0.15, -0.1) is 12.4 Å². The van der Waals surface area contributed by atoms with Crippen molar-refractivity contribution in [3.05, 3.63) is 29.6 Å². The van der Waals surface area contributed by atoms with Gasteiger partial charge in [0.15, 0.2) is 11.6 Å². The molecule has 2 aliphatic heterocycles. The highest BCUT2D eigenvalue weighted by Gasteiger charge is 2.40. The predicted molar refractivity (Wildman–Crippen MR) is 85.3 cm³/mol. The lowest BCUT2D eigenvalue weighted by Crippen LogP contribution is -2.39. The van der Waals surface area contributed by atoms with Gasteiger partial charge < -0.3 is 15.0 Å². The number of halogens is 2. The molecule has 1 N–H and O–H groups in total. The number of methoxy groups -OCH3 is 1. The summed E-state index contributed by atoms with van der Waals surface area (Å²) in [6.45, 7) is 3.62. The quantitative estimate of drug-likeness (QED) is 0.907. The molecule has 1 aromatic rings. The number of nitrogens with zero attached hydrogens (tertiary/aromatic N) is 1. The van der Waals surface area contributed by atoms with Gasteiger partial charge in [0.1, 0.15) is 0 Å². The van der Waals surface area contributed by atoms with Gasteiger partial charge in [0.25, 0.3) is 5.91 Å². The molecule has 0 atom stereocenters. The summed E-state index contributed by atoms with van der Waals surface area (Å²) in [6.07, 6.45) is 3.29. The van der Waals surface area contributed by atoms with Gasteiger partial charge in [0, 0.05) is 18.7 Å². The maximum atomic E-state index is 13.7. The topological polar surface area (TPSA) is 41.6 Å². The van der Waals surface area contributed by atoms with Crippen LogP contribution in [0.25, 0.3) is 0 Å². The van der Waals surface area contributed by atoms with Crippen LogP contribution >= 0.6 is 12.4 Å². The van der Waals surface area contributed by atoms with E-state index in [2.05, 4.69) is 5.32 Å². The highest BCUT2D eigenvalue weighted by atomic mass is 35.5. The Kier molecular flexibility index (Phi) is 5.29. The van der Waals surface area contributed by atoms with Crippen molar-refractivity contribution in [2.45, 2.75) is 19.3 Å². The number of hydrogen-bond donors (Lipinski definition) is 1. The highest BCUT2D eigenvalue weighted by molar-refractivity contribution is 5.94. The number of rotatable bonds is 2. The molecule has 0 unspecified atom stereocenters. The van der Waals surface area contributed by atoms with Crippen molar-refractivity contribution in [2.24, 2.45) is 5.41 Å². The van der Waals surface area contributed by atoms with Crippen molar-refractivity contribution in [3.63, 3.8) is 0 Å². The summed E-state index contributed by atoms with van der Waals surface area (Å²) < 4.78 is 18.6. The Hall–Kier alpha value is -1.33. The molecule has 0 aliphatic carbocycles. The zero-order valence-electron chi connectivity index (χ0n) is 12.7. The first-order chi connectivity index (χ1) is 10.1. The number of piperidine rings is 1. The summed E-state index contributed by atoms with van der Waals surface area (Å²) in [5.41, 5.74) is 0.672. The maximum absolute atomic E-state index is 13.7. The Morgan fingerprint density at radius 1 is 1.32 bits per heavy atom. The summed E-state index contributed by atoms with van der Waals surface area (Å²) in [5.74, 6) is -0.395. The largest absolute Gasteiger partial charge is 0.494 e. The van der Waals surface area contributed by atoms with Gasteiger partial charge >= 0.3 is 0 Å². The lowest BCUT2D eigenvalue weighted by atomic mass is 9.78. The van der Waals surface area contributed by atoms with Gasteiger partial charge in [-0.3, -0.25) is 4.79 Å². The van der Waals surface area contributed by atoms with E-state index in [9.17, 15) is 9.18 Å². The molecule has 122 valence electrons. The van der Waals surface area contributed by atoms with E-state index in [-0.39, 0.29) is 29.5 Å². The molecule has 2 heterocycles. The molecular weight excluding hydrogens is 307 g/mol. The summed E-state index contributed by atoms with van der Waals surface area (Å²) in [4.78, 5) is 14.4. The van der Waals surface area contributed by atoms with Crippen LogP contribution in [0.1, 0.15) is 29.6 Å². The van der Waals surface area contributed by atoms with Crippen molar-refractivity contribution in [1.29, 1.82) is 0 Å². The molecule has 2 saturated heterocycles. The summed E-state index contributed by atoms with van der Waals surface area (Å²) in [6, 6.07) is 4.42. The zero-order chi connectivity index (χ0) is 14.9. The van der Waals surface area contributed by atoms with E-state index in [0.29, 0.717) is 5.56 Å². The van der Waals surface area contributed by atoms with E-state index < -0.39 is 5.82 Å².